The van der Waals surface area contributed by atoms with E-state index >= 15 is 0 Å². The van der Waals surface area contributed by atoms with Gasteiger partial charge in [-0.1, -0.05) is 24.4 Å². The molecule has 7 nitrogen and oxygen atoms in total. The highest BCUT2D eigenvalue weighted by Gasteiger charge is 2.24. The predicted molar refractivity (Wildman–Crippen MR) is 103 cm³/mol. The van der Waals surface area contributed by atoms with Crippen LogP contribution in [0.15, 0.2) is 4.52 Å². The van der Waals surface area contributed by atoms with Gasteiger partial charge >= 0.3 is 0 Å². The minimum absolute atomic E-state index is 0.489. The van der Waals surface area contributed by atoms with E-state index < -0.39 is 0 Å². The predicted octanol–water partition coefficient (Wildman–Crippen LogP) is 2.79. The number of nitrogens with zero attached hydrogens (tertiary/aromatic N) is 6. The van der Waals surface area contributed by atoms with Crippen molar-refractivity contribution in [1.29, 1.82) is 0 Å². The molecule has 3 heterocycles. The van der Waals surface area contributed by atoms with Gasteiger partial charge < -0.3 is 4.52 Å². The molecule has 7 heteroatoms. The van der Waals surface area contributed by atoms with Crippen LogP contribution in [-0.4, -0.2) is 55.9 Å². The number of aryl methyl sites for hydroxylation is 2. The van der Waals surface area contributed by atoms with Crippen LogP contribution in [0.25, 0.3) is 0 Å². The molecule has 2 aromatic rings. The van der Waals surface area contributed by atoms with E-state index in [1.54, 1.807) is 0 Å². The fourth-order valence-corrected chi connectivity index (χ4v) is 4.42. The fraction of sp³-hybridized carbons (Fsp3) is 0.750. The zero-order chi connectivity index (χ0) is 18.8. The normalized spacial score (nSPS) is 20.4. The van der Waals surface area contributed by atoms with E-state index in [1.165, 1.54) is 43.4 Å². The third-order valence-corrected chi connectivity index (χ3v) is 6.31. The Morgan fingerprint density at radius 1 is 0.963 bits per heavy atom. The Hall–Kier alpha value is -1.73. The van der Waals surface area contributed by atoms with Crippen LogP contribution in [0.2, 0.25) is 0 Å². The van der Waals surface area contributed by atoms with Crippen molar-refractivity contribution >= 4 is 0 Å². The first-order valence-corrected chi connectivity index (χ1v) is 10.4. The molecule has 0 radical (unpaired) electrons. The van der Waals surface area contributed by atoms with Gasteiger partial charge in [0.2, 0.25) is 5.89 Å². The van der Waals surface area contributed by atoms with Gasteiger partial charge in [0, 0.05) is 56.9 Å². The van der Waals surface area contributed by atoms with E-state index in [1.807, 2.05) is 11.7 Å². The standard InChI is InChI=1S/C20H32N6O/c1-15-18(16(2)24(3)22-15)13-25-9-11-26(12-10-25)14-19-21-20(27-23-19)17-7-5-4-6-8-17/h17H,4-14H2,1-3H3. The molecule has 0 N–H and O–H groups in total. The number of rotatable bonds is 5. The first-order valence-electron chi connectivity index (χ1n) is 10.4. The summed E-state index contributed by atoms with van der Waals surface area (Å²) < 4.78 is 7.55. The number of hydrogen-bond donors (Lipinski definition) is 0. The Morgan fingerprint density at radius 3 is 2.26 bits per heavy atom. The van der Waals surface area contributed by atoms with Gasteiger partial charge in [0.05, 0.1) is 12.2 Å². The third kappa shape index (κ3) is 4.24. The van der Waals surface area contributed by atoms with E-state index in [9.17, 15) is 0 Å². The summed E-state index contributed by atoms with van der Waals surface area (Å²) in [6.45, 7) is 10.3. The lowest BCUT2D eigenvalue weighted by molar-refractivity contribution is 0.119. The highest BCUT2D eigenvalue weighted by atomic mass is 16.5. The summed E-state index contributed by atoms with van der Waals surface area (Å²) >= 11 is 0. The van der Waals surface area contributed by atoms with Crippen LogP contribution in [0, 0.1) is 13.8 Å². The summed E-state index contributed by atoms with van der Waals surface area (Å²) in [7, 11) is 2.02. The summed E-state index contributed by atoms with van der Waals surface area (Å²) in [5, 5.41) is 8.79. The van der Waals surface area contributed by atoms with E-state index in [-0.39, 0.29) is 0 Å². The summed E-state index contributed by atoms with van der Waals surface area (Å²) in [5.74, 6) is 2.21. The van der Waals surface area contributed by atoms with Crippen LogP contribution in [0.5, 0.6) is 0 Å². The molecule has 4 rings (SSSR count). The quantitative estimate of drug-likeness (QED) is 0.804. The average Bonchev–Trinajstić information content (AvgIpc) is 3.24. The van der Waals surface area contributed by atoms with E-state index in [0.29, 0.717) is 5.92 Å². The molecule has 27 heavy (non-hydrogen) atoms. The molecule has 1 aliphatic heterocycles. The molecule has 1 saturated heterocycles. The van der Waals surface area contributed by atoms with E-state index in [2.05, 4.69) is 33.9 Å². The van der Waals surface area contributed by atoms with Gasteiger partial charge in [-0.2, -0.15) is 10.1 Å². The molecule has 1 aliphatic carbocycles. The maximum absolute atomic E-state index is 5.57. The molecular weight excluding hydrogens is 340 g/mol. The molecule has 0 aromatic carbocycles. The molecule has 0 bridgehead atoms. The molecule has 2 fully saturated rings. The molecule has 1 saturated carbocycles. The zero-order valence-electron chi connectivity index (χ0n) is 16.9. The lowest BCUT2D eigenvalue weighted by atomic mass is 9.89. The van der Waals surface area contributed by atoms with Gasteiger partial charge in [-0.3, -0.25) is 14.5 Å². The Kier molecular flexibility index (Phi) is 5.59. The first kappa shape index (κ1) is 18.6. The highest BCUT2D eigenvalue weighted by Crippen LogP contribution is 2.31. The van der Waals surface area contributed by atoms with Crippen molar-refractivity contribution in [2.75, 3.05) is 26.2 Å². The van der Waals surface area contributed by atoms with Crippen molar-refractivity contribution in [2.24, 2.45) is 7.05 Å². The molecule has 0 spiro atoms. The smallest absolute Gasteiger partial charge is 0.229 e. The summed E-state index contributed by atoms with van der Waals surface area (Å²) in [4.78, 5) is 9.66. The Morgan fingerprint density at radius 2 is 1.63 bits per heavy atom. The molecular formula is C20H32N6O. The van der Waals surface area contributed by atoms with Crippen LogP contribution < -0.4 is 0 Å². The Bertz CT molecular complexity index is 753. The summed E-state index contributed by atoms with van der Waals surface area (Å²) in [5.41, 5.74) is 3.80. The van der Waals surface area contributed by atoms with Gasteiger partial charge in [-0.05, 0) is 26.7 Å². The number of hydrogen-bond acceptors (Lipinski definition) is 6. The van der Waals surface area contributed by atoms with Gasteiger partial charge in [0.15, 0.2) is 5.82 Å². The lowest BCUT2D eigenvalue weighted by Crippen LogP contribution is -2.45. The van der Waals surface area contributed by atoms with E-state index in [0.717, 1.165) is 56.7 Å². The molecule has 0 unspecified atom stereocenters. The Balaban J connectivity index is 1.28. The van der Waals surface area contributed by atoms with Crippen molar-refractivity contribution in [3.05, 3.63) is 28.7 Å². The first-order chi connectivity index (χ1) is 13.1. The topological polar surface area (TPSA) is 63.2 Å². The number of piperazine rings is 1. The SMILES string of the molecule is Cc1nn(C)c(C)c1CN1CCN(Cc2noc(C3CCCCC3)n2)CC1. The molecule has 148 valence electrons. The monoisotopic (exact) mass is 372 g/mol. The molecule has 2 aromatic heterocycles. The van der Waals surface area contributed by atoms with Crippen LogP contribution in [0.3, 0.4) is 0 Å². The van der Waals surface area contributed by atoms with Crippen molar-refractivity contribution in [1.82, 2.24) is 29.7 Å². The van der Waals surface area contributed by atoms with Crippen LogP contribution in [0.4, 0.5) is 0 Å². The van der Waals surface area contributed by atoms with Crippen LogP contribution in [0.1, 0.15) is 66.7 Å². The summed E-state index contributed by atoms with van der Waals surface area (Å²) in [6.07, 6.45) is 6.33. The van der Waals surface area contributed by atoms with Crippen molar-refractivity contribution < 1.29 is 4.52 Å². The average molecular weight is 373 g/mol. The minimum Gasteiger partial charge on any atom is -0.339 e. The molecule has 0 atom stereocenters. The maximum atomic E-state index is 5.57. The van der Waals surface area contributed by atoms with Crippen LogP contribution >= 0.6 is 0 Å². The third-order valence-electron chi connectivity index (χ3n) is 6.31. The van der Waals surface area contributed by atoms with Crippen molar-refractivity contribution in [3.8, 4) is 0 Å². The molecule has 0 amide bonds. The highest BCUT2D eigenvalue weighted by molar-refractivity contribution is 5.24. The van der Waals surface area contributed by atoms with Gasteiger partial charge in [0.1, 0.15) is 0 Å². The second-order valence-corrected chi connectivity index (χ2v) is 8.21. The van der Waals surface area contributed by atoms with E-state index in [4.69, 9.17) is 9.51 Å². The van der Waals surface area contributed by atoms with Crippen molar-refractivity contribution in [2.45, 2.75) is 65.0 Å². The second kappa shape index (κ2) is 8.10. The maximum Gasteiger partial charge on any atom is 0.229 e. The van der Waals surface area contributed by atoms with Crippen LogP contribution in [-0.2, 0) is 20.1 Å². The largest absolute Gasteiger partial charge is 0.339 e. The fourth-order valence-electron chi connectivity index (χ4n) is 4.42. The second-order valence-electron chi connectivity index (χ2n) is 8.21. The summed E-state index contributed by atoms with van der Waals surface area (Å²) in [6, 6.07) is 0. The number of aromatic nitrogens is 4. The van der Waals surface area contributed by atoms with Gasteiger partial charge in [-0.15, -0.1) is 0 Å². The molecule has 2 aliphatic rings. The Labute approximate surface area is 161 Å². The van der Waals surface area contributed by atoms with Gasteiger partial charge in [-0.25, -0.2) is 0 Å². The van der Waals surface area contributed by atoms with Gasteiger partial charge in [0.25, 0.3) is 0 Å². The van der Waals surface area contributed by atoms with Crippen molar-refractivity contribution in [3.63, 3.8) is 0 Å². The minimum atomic E-state index is 0.489. The lowest BCUT2D eigenvalue weighted by Gasteiger charge is -2.34. The zero-order valence-corrected chi connectivity index (χ0v) is 16.9.